The number of nitrogens with one attached hydrogen (secondary N) is 1. The van der Waals surface area contributed by atoms with E-state index in [0.29, 0.717) is 6.54 Å². The van der Waals surface area contributed by atoms with E-state index in [9.17, 15) is 9.59 Å². The molecule has 106 valence electrons. The molecule has 2 fully saturated rings. The Morgan fingerprint density at radius 2 is 1.85 bits per heavy atom. The lowest BCUT2D eigenvalue weighted by atomic mass is 9.80. The van der Waals surface area contributed by atoms with Crippen molar-refractivity contribution < 1.29 is 9.59 Å². The maximum absolute atomic E-state index is 12.3. The molecule has 1 aliphatic heterocycles. The Bertz CT molecular complexity index is 553. The minimum absolute atomic E-state index is 0.116. The molecule has 0 atom stereocenters. The van der Waals surface area contributed by atoms with Crippen molar-refractivity contribution in [3.8, 4) is 0 Å². The van der Waals surface area contributed by atoms with Gasteiger partial charge in [0.25, 0.3) is 5.91 Å². The normalized spacial score (nSPS) is 21.4. The standard InChI is InChI=1S/C15H17BrN2O2/c16-12-7-3-2-6-11(12)10-18-14(20)17-13(19)15(18)8-4-1-5-9-15/h2-3,6-7H,1,4-5,8-10H2,(H,17,19,20). The van der Waals surface area contributed by atoms with Gasteiger partial charge in [-0.1, -0.05) is 53.4 Å². The Morgan fingerprint density at radius 3 is 2.55 bits per heavy atom. The Balaban J connectivity index is 1.91. The highest BCUT2D eigenvalue weighted by Gasteiger charge is 2.52. The van der Waals surface area contributed by atoms with E-state index >= 15 is 0 Å². The van der Waals surface area contributed by atoms with E-state index in [1.54, 1.807) is 4.90 Å². The van der Waals surface area contributed by atoms with E-state index in [2.05, 4.69) is 21.2 Å². The third kappa shape index (κ3) is 2.14. The number of amides is 3. The van der Waals surface area contributed by atoms with E-state index < -0.39 is 5.54 Å². The van der Waals surface area contributed by atoms with Gasteiger partial charge in [-0.3, -0.25) is 10.1 Å². The predicted molar refractivity (Wildman–Crippen MR) is 79.0 cm³/mol. The molecule has 0 unspecified atom stereocenters. The second-order valence-electron chi connectivity index (χ2n) is 5.53. The average molecular weight is 337 g/mol. The maximum Gasteiger partial charge on any atom is 0.325 e. The molecule has 3 rings (SSSR count). The number of urea groups is 1. The summed E-state index contributed by atoms with van der Waals surface area (Å²) in [5.74, 6) is -0.116. The van der Waals surface area contributed by atoms with E-state index in [-0.39, 0.29) is 11.9 Å². The molecular weight excluding hydrogens is 320 g/mol. The molecule has 1 N–H and O–H groups in total. The van der Waals surface area contributed by atoms with Crippen LogP contribution in [0.1, 0.15) is 37.7 Å². The summed E-state index contributed by atoms with van der Waals surface area (Å²) in [6.07, 6.45) is 4.70. The third-order valence-corrected chi connectivity index (χ3v) is 5.15. The number of hydrogen-bond acceptors (Lipinski definition) is 2. The largest absolute Gasteiger partial charge is 0.325 e. The molecule has 1 saturated heterocycles. The summed E-state index contributed by atoms with van der Waals surface area (Å²) < 4.78 is 0.970. The predicted octanol–water partition coefficient (Wildman–Crippen LogP) is 3.20. The van der Waals surface area contributed by atoms with Gasteiger partial charge in [-0.15, -0.1) is 0 Å². The summed E-state index contributed by atoms with van der Waals surface area (Å²) in [5.41, 5.74) is 0.409. The number of halogens is 1. The molecule has 1 spiro atoms. The molecule has 1 saturated carbocycles. The average Bonchev–Trinajstić information content (AvgIpc) is 2.66. The number of carbonyl (C=O) groups is 2. The molecule has 5 heteroatoms. The molecule has 1 heterocycles. The van der Waals surface area contributed by atoms with Crippen molar-refractivity contribution in [3.63, 3.8) is 0 Å². The van der Waals surface area contributed by atoms with Crippen LogP contribution in [0.25, 0.3) is 0 Å². The van der Waals surface area contributed by atoms with Crippen LogP contribution in [-0.2, 0) is 11.3 Å². The smallest absolute Gasteiger partial charge is 0.305 e. The fraction of sp³-hybridized carbons (Fsp3) is 0.467. The summed E-state index contributed by atoms with van der Waals surface area (Å²) in [6.45, 7) is 0.471. The van der Waals surface area contributed by atoms with Gasteiger partial charge in [0.15, 0.2) is 0 Å². The van der Waals surface area contributed by atoms with E-state index in [4.69, 9.17) is 0 Å². The van der Waals surface area contributed by atoms with Crippen molar-refractivity contribution in [2.45, 2.75) is 44.2 Å². The summed E-state index contributed by atoms with van der Waals surface area (Å²) in [5, 5.41) is 2.50. The van der Waals surface area contributed by atoms with Gasteiger partial charge < -0.3 is 4.90 Å². The summed E-state index contributed by atoms with van der Waals surface area (Å²) in [6, 6.07) is 7.57. The van der Waals surface area contributed by atoms with Crippen LogP contribution in [0.4, 0.5) is 4.79 Å². The topological polar surface area (TPSA) is 49.4 Å². The lowest BCUT2D eigenvalue weighted by molar-refractivity contribution is -0.128. The second-order valence-corrected chi connectivity index (χ2v) is 6.38. The lowest BCUT2D eigenvalue weighted by Crippen LogP contribution is -2.50. The van der Waals surface area contributed by atoms with E-state index in [1.807, 2.05) is 24.3 Å². The van der Waals surface area contributed by atoms with Gasteiger partial charge in [0.05, 0.1) is 0 Å². The molecule has 2 aliphatic rings. The summed E-state index contributed by atoms with van der Waals surface area (Å²) in [4.78, 5) is 26.1. The molecule has 1 aliphatic carbocycles. The van der Waals surface area contributed by atoms with Gasteiger partial charge in [-0.05, 0) is 24.5 Å². The highest BCUT2D eigenvalue weighted by molar-refractivity contribution is 9.10. The highest BCUT2D eigenvalue weighted by atomic mass is 79.9. The minimum Gasteiger partial charge on any atom is -0.305 e. The number of carbonyl (C=O) groups excluding carboxylic acids is 2. The number of rotatable bonds is 2. The number of hydrogen-bond donors (Lipinski definition) is 1. The highest BCUT2D eigenvalue weighted by Crippen LogP contribution is 2.38. The Kier molecular flexibility index (Phi) is 3.54. The van der Waals surface area contributed by atoms with Crippen molar-refractivity contribution in [1.29, 1.82) is 0 Å². The SMILES string of the molecule is O=C1NC(=O)C2(CCCCC2)N1Cc1ccccc1Br. The van der Waals surface area contributed by atoms with Gasteiger partial charge in [-0.2, -0.15) is 0 Å². The molecule has 4 nitrogen and oxygen atoms in total. The molecule has 0 radical (unpaired) electrons. The Hall–Kier alpha value is -1.36. The zero-order valence-corrected chi connectivity index (χ0v) is 12.8. The fourth-order valence-corrected chi connectivity index (χ4v) is 3.66. The van der Waals surface area contributed by atoms with Crippen molar-refractivity contribution in [3.05, 3.63) is 34.3 Å². The minimum atomic E-state index is -0.620. The Labute approximate surface area is 126 Å². The van der Waals surface area contributed by atoms with Crippen molar-refractivity contribution in [1.82, 2.24) is 10.2 Å². The zero-order valence-electron chi connectivity index (χ0n) is 11.2. The molecular formula is C15H17BrN2O2. The van der Waals surface area contributed by atoms with Gasteiger partial charge in [-0.25, -0.2) is 4.79 Å². The van der Waals surface area contributed by atoms with Crippen LogP contribution >= 0.6 is 15.9 Å². The van der Waals surface area contributed by atoms with Gasteiger partial charge >= 0.3 is 6.03 Å². The van der Waals surface area contributed by atoms with Crippen LogP contribution in [0.5, 0.6) is 0 Å². The number of benzene rings is 1. The van der Waals surface area contributed by atoms with Gasteiger partial charge in [0.1, 0.15) is 5.54 Å². The molecule has 1 aromatic carbocycles. The molecule has 0 bridgehead atoms. The van der Waals surface area contributed by atoms with Crippen molar-refractivity contribution >= 4 is 27.9 Å². The molecule has 0 aromatic heterocycles. The first-order valence-corrected chi connectivity index (χ1v) is 7.79. The van der Waals surface area contributed by atoms with Crippen LogP contribution < -0.4 is 5.32 Å². The fourth-order valence-electron chi connectivity index (χ4n) is 3.25. The van der Waals surface area contributed by atoms with Crippen molar-refractivity contribution in [2.24, 2.45) is 0 Å². The van der Waals surface area contributed by atoms with E-state index in [1.165, 1.54) is 0 Å². The van der Waals surface area contributed by atoms with Crippen LogP contribution in [0, 0.1) is 0 Å². The van der Waals surface area contributed by atoms with Crippen molar-refractivity contribution in [2.75, 3.05) is 0 Å². The number of nitrogens with zero attached hydrogens (tertiary/aromatic N) is 1. The lowest BCUT2D eigenvalue weighted by Gasteiger charge is -2.38. The molecule has 20 heavy (non-hydrogen) atoms. The van der Waals surface area contributed by atoms with Gasteiger partial charge in [0.2, 0.25) is 0 Å². The van der Waals surface area contributed by atoms with Crippen LogP contribution in [0.3, 0.4) is 0 Å². The van der Waals surface area contributed by atoms with Crippen LogP contribution in [-0.4, -0.2) is 22.4 Å². The quantitative estimate of drug-likeness (QED) is 0.843. The first kappa shape index (κ1) is 13.6. The third-order valence-electron chi connectivity index (χ3n) is 4.37. The monoisotopic (exact) mass is 336 g/mol. The van der Waals surface area contributed by atoms with Gasteiger partial charge in [0, 0.05) is 11.0 Å². The second kappa shape index (κ2) is 5.20. The zero-order chi connectivity index (χ0) is 14.2. The Morgan fingerprint density at radius 1 is 1.15 bits per heavy atom. The molecule has 1 aromatic rings. The first-order chi connectivity index (χ1) is 9.63. The number of imide groups is 1. The first-order valence-electron chi connectivity index (χ1n) is 7.00. The van der Waals surface area contributed by atoms with Crippen LogP contribution in [0.15, 0.2) is 28.7 Å². The maximum atomic E-state index is 12.3. The summed E-state index contributed by atoms with van der Waals surface area (Å²) >= 11 is 3.51. The van der Waals surface area contributed by atoms with E-state index in [0.717, 1.165) is 42.1 Å². The molecule has 3 amide bonds. The van der Waals surface area contributed by atoms with Crippen LogP contribution in [0.2, 0.25) is 0 Å². The summed E-state index contributed by atoms with van der Waals surface area (Å²) in [7, 11) is 0.